The summed E-state index contributed by atoms with van der Waals surface area (Å²) in [5.41, 5.74) is 4.32. The minimum Gasteiger partial charge on any atom is -0.507 e. The SMILES string of the molecule is COc1ccc2cc([C@H](C)C(=O)OCC[C@]3(C)CCc4c(C)c(O)c(C)c(C)c4O3)ccc2c1. The molecule has 0 aromatic heterocycles. The van der Waals surface area contributed by atoms with Crippen molar-refractivity contribution < 1.29 is 24.1 Å². The number of benzene rings is 3. The predicted octanol–water partition coefficient (Wildman–Crippen LogP) is 6.30. The Hall–Kier alpha value is -3.21. The number of fused-ring (bicyclic) bond motifs is 2. The lowest BCUT2D eigenvalue weighted by atomic mass is 9.86. The molecule has 1 N–H and O–H groups in total. The van der Waals surface area contributed by atoms with E-state index in [-0.39, 0.29) is 11.9 Å². The minimum absolute atomic E-state index is 0.236. The summed E-state index contributed by atoms with van der Waals surface area (Å²) in [5, 5.41) is 12.5. The van der Waals surface area contributed by atoms with Crippen LogP contribution >= 0.6 is 0 Å². The van der Waals surface area contributed by atoms with Crippen molar-refractivity contribution in [2.24, 2.45) is 0 Å². The molecule has 3 aromatic carbocycles. The molecule has 1 heterocycles. The number of carbonyl (C=O) groups is 1. The maximum atomic E-state index is 12.8. The molecule has 0 saturated heterocycles. The van der Waals surface area contributed by atoms with Gasteiger partial charge >= 0.3 is 5.97 Å². The summed E-state index contributed by atoms with van der Waals surface area (Å²) in [4.78, 5) is 12.8. The number of phenolic OH excluding ortho intramolecular Hbond substituents is 1. The molecule has 34 heavy (non-hydrogen) atoms. The molecule has 5 heteroatoms. The van der Waals surface area contributed by atoms with Crippen molar-refractivity contribution in [1.82, 2.24) is 0 Å². The number of hydrogen-bond donors (Lipinski definition) is 1. The van der Waals surface area contributed by atoms with Crippen molar-refractivity contribution in [3.05, 3.63) is 64.2 Å². The molecule has 3 aromatic rings. The van der Waals surface area contributed by atoms with E-state index in [0.717, 1.165) is 62.9 Å². The van der Waals surface area contributed by atoms with E-state index in [1.807, 2.05) is 64.1 Å². The van der Waals surface area contributed by atoms with Crippen molar-refractivity contribution >= 4 is 16.7 Å². The fraction of sp³-hybridized carbons (Fsp3) is 0.414. The molecule has 0 spiro atoms. The molecular formula is C29H34O5. The highest BCUT2D eigenvalue weighted by molar-refractivity contribution is 5.86. The number of esters is 1. The van der Waals surface area contributed by atoms with E-state index >= 15 is 0 Å². The first-order chi connectivity index (χ1) is 16.1. The Morgan fingerprint density at radius 2 is 1.79 bits per heavy atom. The van der Waals surface area contributed by atoms with Gasteiger partial charge in [-0.15, -0.1) is 0 Å². The second-order valence-electron chi connectivity index (χ2n) is 9.69. The third kappa shape index (κ3) is 4.44. The molecule has 1 aliphatic rings. The van der Waals surface area contributed by atoms with E-state index in [1.54, 1.807) is 7.11 Å². The van der Waals surface area contributed by atoms with Crippen molar-refractivity contribution in [3.8, 4) is 17.2 Å². The molecule has 0 amide bonds. The average molecular weight is 463 g/mol. The van der Waals surface area contributed by atoms with Gasteiger partial charge in [-0.1, -0.05) is 24.3 Å². The van der Waals surface area contributed by atoms with E-state index in [1.165, 1.54) is 0 Å². The monoisotopic (exact) mass is 462 g/mol. The summed E-state index contributed by atoms with van der Waals surface area (Å²) >= 11 is 0. The van der Waals surface area contributed by atoms with Crippen molar-refractivity contribution in [2.75, 3.05) is 13.7 Å². The summed E-state index contributed by atoms with van der Waals surface area (Å²) in [6.45, 7) is 10.1. The quantitative estimate of drug-likeness (QED) is 0.436. The lowest BCUT2D eigenvalue weighted by molar-refractivity contribution is -0.146. The van der Waals surface area contributed by atoms with E-state index in [2.05, 4.69) is 6.92 Å². The zero-order chi connectivity index (χ0) is 24.6. The Morgan fingerprint density at radius 1 is 1.09 bits per heavy atom. The molecule has 0 bridgehead atoms. The summed E-state index contributed by atoms with van der Waals surface area (Å²) in [5.74, 6) is 1.45. The van der Waals surface area contributed by atoms with Crippen LogP contribution in [0.1, 0.15) is 60.4 Å². The largest absolute Gasteiger partial charge is 0.507 e. The molecule has 0 unspecified atom stereocenters. The summed E-state index contributed by atoms with van der Waals surface area (Å²) < 4.78 is 17.4. The van der Waals surface area contributed by atoms with Crippen LogP contribution < -0.4 is 9.47 Å². The van der Waals surface area contributed by atoms with Crippen molar-refractivity contribution in [3.63, 3.8) is 0 Å². The van der Waals surface area contributed by atoms with Crippen LogP contribution in [0.15, 0.2) is 36.4 Å². The first-order valence-electron chi connectivity index (χ1n) is 11.9. The topological polar surface area (TPSA) is 65.0 Å². The third-order valence-corrected chi connectivity index (χ3v) is 7.39. The highest BCUT2D eigenvalue weighted by atomic mass is 16.5. The van der Waals surface area contributed by atoms with Crippen LogP contribution in [0.5, 0.6) is 17.2 Å². The van der Waals surface area contributed by atoms with Crippen molar-refractivity contribution in [1.29, 1.82) is 0 Å². The highest BCUT2D eigenvalue weighted by Gasteiger charge is 2.35. The number of ether oxygens (including phenoxy) is 3. The number of carbonyl (C=O) groups excluding carboxylic acids is 1. The van der Waals surface area contributed by atoms with Crippen LogP contribution in [0.4, 0.5) is 0 Å². The van der Waals surface area contributed by atoms with Gasteiger partial charge in [-0.2, -0.15) is 0 Å². The van der Waals surface area contributed by atoms with Gasteiger partial charge in [-0.05, 0) is 92.6 Å². The summed E-state index contributed by atoms with van der Waals surface area (Å²) in [6.07, 6.45) is 2.25. The average Bonchev–Trinajstić information content (AvgIpc) is 2.84. The summed E-state index contributed by atoms with van der Waals surface area (Å²) in [7, 11) is 1.65. The molecule has 0 fully saturated rings. The molecule has 5 nitrogen and oxygen atoms in total. The van der Waals surface area contributed by atoms with E-state index < -0.39 is 5.60 Å². The van der Waals surface area contributed by atoms with Gasteiger partial charge in [0.25, 0.3) is 0 Å². The minimum atomic E-state index is -0.418. The Kier molecular flexibility index (Phi) is 6.48. The van der Waals surface area contributed by atoms with Crippen LogP contribution in [0.2, 0.25) is 0 Å². The smallest absolute Gasteiger partial charge is 0.313 e. The summed E-state index contributed by atoms with van der Waals surface area (Å²) in [6, 6.07) is 11.9. The van der Waals surface area contributed by atoms with Crippen LogP contribution in [0, 0.1) is 20.8 Å². The van der Waals surface area contributed by atoms with Gasteiger partial charge < -0.3 is 19.3 Å². The number of hydrogen-bond acceptors (Lipinski definition) is 5. The van der Waals surface area contributed by atoms with Gasteiger partial charge in [-0.3, -0.25) is 4.79 Å². The predicted molar refractivity (Wildman–Crippen MR) is 134 cm³/mol. The second kappa shape index (κ2) is 9.21. The fourth-order valence-corrected chi connectivity index (χ4v) is 4.74. The molecule has 2 atom stereocenters. The molecular weight excluding hydrogens is 428 g/mol. The Bertz CT molecular complexity index is 1250. The first-order valence-corrected chi connectivity index (χ1v) is 11.9. The number of phenols is 1. The van der Waals surface area contributed by atoms with Gasteiger partial charge in [-0.25, -0.2) is 0 Å². The Morgan fingerprint density at radius 3 is 2.53 bits per heavy atom. The van der Waals surface area contributed by atoms with Crippen LogP contribution in [0.3, 0.4) is 0 Å². The fourth-order valence-electron chi connectivity index (χ4n) is 4.74. The lowest BCUT2D eigenvalue weighted by Crippen LogP contribution is -2.38. The van der Waals surface area contributed by atoms with E-state index in [0.29, 0.717) is 18.8 Å². The molecule has 0 saturated carbocycles. The molecule has 180 valence electrons. The van der Waals surface area contributed by atoms with Crippen LogP contribution in [0.25, 0.3) is 10.8 Å². The highest BCUT2D eigenvalue weighted by Crippen LogP contribution is 2.44. The molecule has 1 aliphatic heterocycles. The standard InChI is InChI=1S/C29H34O5/c1-17-18(2)27-25(20(4)26(17)30)11-12-29(5,34-27)13-14-33-28(31)19(3)21-7-8-23-16-24(32-6)10-9-22(23)15-21/h7-10,15-16,19,30H,11-14H2,1-6H3/t19-,29-/m0/s1. The van der Waals surface area contributed by atoms with Crippen LogP contribution in [-0.4, -0.2) is 30.4 Å². The molecule has 4 rings (SSSR count). The third-order valence-electron chi connectivity index (χ3n) is 7.39. The van der Waals surface area contributed by atoms with Crippen LogP contribution in [-0.2, 0) is 16.0 Å². The van der Waals surface area contributed by atoms with Gasteiger partial charge in [0.2, 0.25) is 0 Å². The van der Waals surface area contributed by atoms with Gasteiger partial charge in [0.05, 0.1) is 19.6 Å². The maximum Gasteiger partial charge on any atom is 0.313 e. The lowest BCUT2D eigenvalue weighted by Gasteiger charge is -2.38. The second-order valence-corrected chi connectivity index (χ2v) is 9.69. The maximum absolute atomic E-state index is 12.8. The van der Waals surface area contributed by atoms with Gasteiger partial charge in [0.1, 0.15) is 22.8 Å². The zero-order valence-electron chi connectivity index (χ0n) is 21.0. The van der Waals surface area contributed by atoms with E-state index in [4.69, 9.17) is 14.2 Å². The van der Waals surface area contributed by atoms with Crippen molar-refractivity contribution in [2.45, 2.75) is 65.4 Å². The zero-order valence-corrected chi connectivity index (χ0v) is 21.0. The first kappa shape index (κ1) is 23.9. The Balaban J connectivity index is 1.40. The number of aromatic hydroxyl groups is 1. The molecule has 0 aliphatic carbocycles. The number of methoxy groups -OCH3 is 1. The normalized spacial score (nSPS) is 18.2. The number of rotatable bonds is 6. The Labute approximate surface area is 201 Å². The van der Waals surface area contributed by atoms with Gasteiger partial charge in [0.15, 0.2) is 0 Å². The van der Waals surface area contributed by atoms with E-state index in [9.17, 15) is 9.90 Å². The van der Waals surface area contributed by atoms with Gasteiger partial charge in [0, 0.05) is 12.0 Å². The molecule has 0 radical (unpaired) electrons.